The van der Waals surface area contributed by atoms with Gasteiger partial charge in [0.15, 0.2) is 11.5 Å². The SMILES string of the molecule is CCC(C)CC(=O)O[C@@H](C)[C@H](C)OC(=O)[C@@H](N)Cc1ccc(OC(=O)C(C)(C)CC)c(OC(=O)C(C)(C)CC)c1. The van der Waals surface area contributed by atoms with E-state index in [2.05, 4.69) is 0 Å². The van der Waals surface area contributed by atoms with Crippen LogP contribution in [0.5, 0.6) is 11.5 Å². The van der Waals surface area contributed by atoms with Gasteiger partial charge in [0.1, 0.15) is 18.2 Å². The predicted octanol–water partition coefficient (Wildman–Crippen LogP) is 5.54. The fourth-order valence-electron chi connectivity index (χ4n) is 3.09. The molecular weight excluding hydrogens is 514 g/mol. The highest BCUT2D eigenvalue weighted by atomic mass is 16.6. The fourth-order valence-corrected chi connectivity index (χ4v) is 3.09. The van der Waals surface area contributed by atoms with Crippen LogP contribution in [-0.4, -0.2) is 42.1 Å². The number of hydrogen-bond acceptors (Lipinski definition) is 9. The summed E-state index contributed by atoms with van der Waals surface area (Å²) in [6, 6.07) is 3.69. The third kappa shape index (κ3) is 10.6. The molecule has 0 aliphatic rings. The number of hydrogen-bond donors (Lipinski definition) is 1. The van der Waals surface area contributed by atoms with E-state index < -0.39 is 47.0 Å². The largest absolute Gasteiger partial charge is 0.459 e. The Kier molecular flexibility index (Phi) is 13.3. The van der Waals surface area contributed by atoms with Gasteiger partial charge >= 0.3 is 23.9 Å². The van der Waals surface area contributed by atoms with Gasteiger partial charge in [0.25, 0.3) is 0 Å². The minimum absolute atomic E-state index is 0.0695. The van der Waals surface area contributed by atoms with Crippen molar-refractivity contribution in [1.82, 2.24) is 0 Å². The summed E-state index contributed by atoms with van der Waals surface area (Å²) in [6.45, 7) is 18.1. The zero-order chi connectivity index (χ0) is 30.8. The van der Waals surface area contributed by atoms with Crippen molar-refractivity contribution in [1.29, 1.82) is 0 Å². The molecule has 0 fully saturated rings. The molecule has 4 atom stereocenters. The van der Waals surface area contributed by atoms with Gasteiger partial charge in [0.05, 0.1) is 10.8 Å². The van der Waals surface area contributed by atoms with Crippen LogP contribution in [-0.2, 0) is 35.1 Å². The summed E-state index contributed by atoms with van der Waals surface area (Å²) in [6.07, 6.45) is 1.00. The summed E-state index contributed by atoms with van der Waals surface area (Å²) in [4.78, 5) is 50.4. The minimum Gasteiger partial charge on any atom is -0.459 e. The van der Waals surface area contributed by atoms with Crippen LogP contribution in [0.25, 0.3) is 0 Å². The van der Waals surface area contributed by atoms with Crippen molar-refractivity contribution >= 4 is 23.9 Å². The van der Waals surface area contributed by atoms with Crippen molar-refractivity contribution in [2.75, 3.05) is 0 Å². The Labute approximate surface area is 239 Å². The molecule has 1 aromatic rings. The first-order valence-corrected chi connectivity index (χ1v) is 14.2. The number of esters is 4. The van der Waals surface area contributed by atoms with Crippen molar-refractivity contribution in [2.24, 2.45) is 22.5 Å². The van der Waals surface area contributed by atoms with Crippen LogP contribution in [0.4, 0.5) is 0 Å². The van der Waals surface area contributed by atoms with Crippen molar-refractivity contribution in [3.8, 4) is 11.5 Å². The van der Waals surface area contributed by atoms with Crippen LogP contribution in [0, 0.1) is 16.7 Å². The van der Waals surface area contributed by atoms with Gasteiger partial charge < -0.3 is 24.7 Å². The molecule has 0 amide bonds. The first kappa shape index (κ1) is 35.1. The van der Waals surface area contributed by atoms with Gasteiger partial charge in [-0.05, 0) is 84.4 Å². The summed E-state index contributed by atoms with van der Waals surface area (Å²) in [5.41, 5.74) is 5.23. The molecule has 2 N–H and O–H groups in total. The summed E-state index contributed by atoms with van der Waals surface area (Å²) in [5, 5.41) is 0. The maximum atomic E-state index is 12.8. The van der Waals surface area contributed by atoms with Crippen LogP contribution in [0.1, 0.15) is 100 Å². The molecule has 0 aliphatic heterocycles. The molecule has 226 valence electrons. The first-order valence-electron chi connectivity index (χ1n) is 14.2. The van der Waals surface area contributed by atoms with E-state index in [1.54, 1.807) is 53.7 Å². The molecule has 0 heterocycles. The molecule has 0 saturated heterocycles. The summed E-state index contributed by atoms with van der Waals surface area (Å²) in [7, 11) is 0. The average Bonchev–Trinajstić information content (AvgIpc) is 2.89. The lowest BCUT2D eigenvalue weighted by atomic mass is 9.90. The van der Waals surface area contributed by atoms with Crippen LogP contribution in [0.15, 0.2) is 18.2 Å². The summed E-state index contributed by atoms with van der Waals surface area (Å²) in [5.74, 6) is -1.56. The number of nitrogens with two attached hydrogens (primary N) is 1. The maximum Gasteiger partial charge on any atom is 0.323 e. The van der Waals surface area contributed by atoms with Crippen LogP contribution in [0.3, 0.4) is 0 Å². The smallest absolute Gasteiger partial charge is 0.323 e. The number of rotatable bonds is 15. The molecule has 9 nitrogen and oxygen atoms in total. The van der Waals surface area contributed by atoms with E-state index in [0.29, 0.717) is 24.8 Å². The molecule has 0 radical (unpaired) electrons. The van der Waals surface area contributed by atoms with E-state index in [1.807, 2.05) is 27.7 Å². The van der Waals surface area contributed by atoms with Crippen LogP contribution >= 0.6 is 0 Å². The highest BCUT2D eigenvalue weighted by molar-refractivity contribution is 5.81. The van der Waals surface area contributed by atoms with E-state index in [-0.39, 0.29) is 29.8 Å². The van der Waals surface area contributed by atoms with Crippen LogP contribution < -0.4 is 15.2 Å². The summed E-state index contributed by atoms with van der Waals surface area (Å²) >= 11 is 0. The van der Waals surface area contributed by atoms with Gasteiger partial charge in [-0.15, -0.1) is 0 Å². The lowest BCUT2D eigenvalue weighted by molar-refractivity contribution is -0.166. The van der Waals surface area contributed by atoms with E-state index in [4.69, 9.17) is 24.7 Å². The average molecular weight is 564 g/mol. The third-order valence-corrected chi connectivity index (χ3v) is 7.54. The van der Waals surface area contributed by atoms with Crippen molar-refractivity contribution < 1.29 is 38.1 Å². The lowest BCUT2D eigenvalue weighted by Gasteiger charge is -2.24. The lowest BCUT2D eigenvalue weighted by Crippen LogP contribution is -2.39. The standard InChI is InChI=1S/C31H49NO8/c1-11-19(4)16-26(33)37-20(5)21(6)38-27(34)23(32)17-22-14-15-24(39-28(35)30(7,8)12-2)25(18-22)40-29(36)31(9,10)13-3/h14-15,18-21,23H,11-13,16-17,32H2,1-10H3/t19?,20-,21-,23-/m0/s1. The highest BCUT2D eigenvalue weighted by Crippen LogP contribution is 2.34. The van der Waals surface area contributed by atoms with Crippen molar-refractivity contribution in [3.63, 3.8) is 0 Å². The Morgan fingerprint density at radius 2 is 1.30 bits per heavy atom. The van der Waals surface area contributed by atoms with E-state index in [1.165, 1.54) is 6.07 Å². The third-order valence-electron chi connectivity index (χ3n) is 7.54. The van der Waals surface area contributed by atoms with Gasteiger partial charge in [0, 0.05) is 6.42 Å². The fraction of sp³-hybridized carbons (Fsp3) is 0.677. The molecule has 0 aromatic heterocycles. The molecule has 1 aromatic carbocycles. The van der Waals surface area contributed by atoms with Crippen molar-refractivity contribution in [3.05, 3.63) is 23.8 Å². The molecular formula is C31H49NO8. The van der Waals surface area contributed by atoms with E-state index >= 15 is 0 Å². The molecule has 40 heavy (non-hydrogen) atoms. The monoisotopic (exact) mass is 563 g/mol. The number of carbonyl (C=O) groups excluding carboxylic acids is 4. The van der Waals surface area contributed by atoms with E-state index in [0.717, 1.165) is 6.42 Å². The van der Waals surface area contributed by atoms with E-state index in [9.17, 15) is 19.2 Å². The van der Waals surface area contributed by atoms with Gasteiger partial charge in [-0.25, -0.2) is 0 Å². The predicted molar refractivity (Wildman–Crippen MR) is 153 cm³/mol. The zero-order valence-corrected chi connectivity index (χ0v) is 25.9. The maximum absolute atomic E-state index is 12.8. The Balaban J connectivity index is 3.03. The van der Waals surface area contributed by atoms with Gasteiger partial charge in [-0.1, -0.05) is 40.2 Å². The summed E-state index contributed by atoms with van der Waals surface area (Å²) < 4.78 is 22.2. The van der Waals surface area contributed by atoms with Crippen molar-refractivity contribution in [2.45, 2.75) is 120 Å². The molecule has 0 spiro atoms. The van der Waals surface area contributed by atoms with Gasteiger partial charge in [-0.3, -0.25) is 19.2 Å². The Morgan fingerprint density at radius 1 is 0.800 bits per heavy atom. The van der Waals surface area contributed by atoms with Gasteiger partial charge in [0.2, 0.25) is 0 Å². The molecule has 1 unspecified atom stereocenters. The number of benzene rings is 1. The quantitative estimate of drug-likeness (QED) is 0.216. The second-order valence-corrected chi connectivity index (χ2v) is 11.9. The first-order chi connectivity index (χ1) is 18.5. The number of carbonyl (C=O) groups is 4. The Bertz CT molecular complexity index is 1030. The molecule has 9 heteroatoms. The van der Waals surface area contributed by atoms with Crippen LogP contribution in [0.2, 0.25) is 0 Å². The second kappa shape index (κ2) is 15.2. The highest BCUT2D eigenvalue weighted by Gasteiger charge is 2.32. The molecule has 0 aliphatic carbocycles. The van der Waals surface area contributed by atoms with Gasteiger partial charge in [-0.2, -0.15) is 0 Å². The Morgan fingerprint density at radius 3 is 1.80 bits per heavy atom. The minimum atomic E-state index is -1.03. The topological polar surface area (TPSA) is 131 Å². The number of ether oxygens (including phenoxy) is 4. The molecule has 0 saturated carbocycles. The molecule has 1 rings (SSSR count). The zero-order valence-electron chi connectivity index (χ0n) is 25.9. The normalized spacial score (nSPS) is 14.9. The molecule has 0 bridgehead atoms. The Hall–Kier alpha value is -2.94. The second-order valence-electron chi connectivity index (χ2n) is 11.9.